The molecule has 4 nitrogen and oxygen atoms in total. The predicted molar refractivity (Wildman–Crippen MR) is 102 cm³/mol. The van der Waals surface area contributed by atoms with Crippen LogP contribution < -0.4 is 5.32 Å². The molecule has 1 saturated heterocycles. The zero-order valence-corrected chi connectivity index (χ0v) is 15.9. The molecule has 2 aromatic heterocycles. The summed E-state index contributed by atoms with van der Waals surface area (Å²) in [6.45, 7) is 12.0. The second-order valence-corrected chi connectivity index (χ2v) is 7.09. The van der Waals surface area contributed by atoms with Crippen LogP contribution in [0.5, 0.6) is 0 Å². The minimum Gasteiger partial charge on any atom is -0.352 e. The molecule has 3 rings (SSSR count). The topological polar surface area (TPSA) is 33.1 Å². The maximum absolute atomic E-state index is 5.66. The van der Waals surface area contributed by atoms with Crippen molar-refractivity contribution in [2.24, 2.45) is 0 Å². The van der Waals surface area contributed by atoms with Crippen molar-refractivity contribution in [3.8, 4) is 0 Å². The Labute approximate surface area is 149 Å². The van der Waals surface area contributed by atoms with Crippen LogP contribution in [-0.4, -0.2) is 25.6 Å². The average Bonchev–Trinajstić information content (AvgIpc) is 3.04. The van der Waals surface area contributed by atoms with E-state index in [1.807, 2.05) is 18.3 Å². The number of aromatic nitrogens is 2. The first-order valence-corrected chi connectivity index (χ1v) is 9.02. The molecule has 128 valence electrons. The summed E-state index contributed by atoms with van der Waals surface area (Å²) < 4.78 is 2.37. The van der Waals surface area contributed by atoms with Gasteiger partial charge < -0.3 is 14.8 Å². The van der Waals surface area contributed by atoms with Gasteiger partial charge in [0.2, 0.25) is 0 Å². The molecule has 0 aliphatic carbocycles. The fourth-order valence-corrected chi connectivity index (χ4v) is 4.32. The van der Waals surface area contributed by atoms with Crippen LogP contribution in [0.3, 0.4) is 0 Å². The molecular formula is C19H26N4S. The Hall–Kier alpha value is -1.88. The molecule has 3 heterocycles. The third-order valence-electron chi connectivity index (χ3n) is 4.94. The van der Waals surface area contributed by atoms with Crippen LogP contribution in [0.2, 0.25) is 0 Å². The van der Waals surface area contributed by atoms with Crippen molar-refractivity contribution in [1.82, 2.24) is 19.8 Å². The highest BCUT2D eigenvalue weighted by Gasteiger charge is 2.42. The zero-order valence-electron chi connectivity index (χ0n) is 15.1. The van der Waals surface area contributed by atoms with E-state index in [9.17, 15) is 0 Å². The fraction of sp³-hybridized carbons (Fsp3) is 0.474. The molecule has 0 bridgehead atoms. The lowest BCUT2D eigenvalue weighted by Crippen LogP contribution is -2.35. The van der Waals surface area contributed by atoms with E-state index >= 15 is 0 Å². The third-order valence-corrected chi connectivity index (χ3v) is 5.27. The molecule has 1 aliphatic rings. The number of hydrogen-bond acceptors (Lipinski definition) is 2. The minimum absolute atomic E-state index is 0.0758. The molecule has 2 aromatic rings. The third kappa shape index (κ3) is 2.71. The molecule has 1 N–H and O–H groups in total. The first-order chi connectivity index (χ1) is 11.5. The Balaban J connectivity index is 2.13. The van der Waals surface area contributed by atoms with Crippen LogP contribution in [0, 0.1) is 13.8 Å². The van der Waals surface area contributed by atoms with E-state index in [1.54, 1.807) is 0 Å². The summed E-state index contributed by atoms with van der Waals surface area (Å²) >= 11 is 5.66. The van der Waals surface area contributed by atoms with Gasteiger partial charge in [-0.1, -0.05) is 6.07 Å². The van der Waals surface area contributed by atoms with Gasteiger partial charge in [0.15, 0.2) is 5.11 Å². The normalized spacial score (nSPS) is 20.8. The maximum atomic E-state index is 5.66. The van der Waals surface area contributed by atoms with Crippen LogP contribution in [-0.2, 0) is 6.54 Å². The van der Waals surface area contributed by atoms with E-state index in [0.717, 1.165) is 17.4 Å². The second-order valence-electron chi connectivity index (χ2n) is 6.70. The number of hydrogen-bond donors (Lipinski definition) is 1. The van der Waals surface area contributed by atoms with Gasteiger partial charge in [-0.25, -0.2) is 0 Å². The van der Waals surface area contributed by atoms with Gasteiger partial charge in [0.05, 0.1) is 17.8 Å². The van der Waals surface area contributed by atoms with Gasteiger partial charge in [-0.3, -0.25) is 4.98 Å². The van der Waals surface area contributed by atoms with E-state index in [0.29, 0.717) is 6.04 Å². The lowest BCUT2D eigenvalue weighted by atomic mass is 9.96. The summed E-state index contributed by atoms with van der Waals surface area (Å²) in [5.41, 5.74) is 4.99. The van der Waals surface area contributed by atoms with Crippen molar-refractivity contribution >= 4 is 17.3 Å². The smallest absolute Gasteiger partial charge is 0.170 e. The van der Waals surface area contributed by atoms with E-state index in [1.165, 1.54) is 17.0 Å². The first kappa shape index (κ1) is 17.0. The highest BCUT2D eigenvalue weighted by atomic mass is 32.1. The van der Waals surface area contributed by atoms with Crippen LogP contribution in [0.4, 0.5) is 0 Å². The molecule has 0 amide bonds. The van der Waals surface area contributed by atoms with E-state index in [2.05, 4.69) is 66.5 Å². The van der Waals surface area contributed by atoms with Crippen molar-refractivity contribution < 1.29 is 0 Å². The number of aryl methyl sites for hydroxylation is 1. The summed E-state index contributed by atoms with van der Waals surface area (Å²) in [5, 5.41) is 4.32. The first-order valence-electron chi connectivity index (χ1n) is 8.62. The van der Waals surface area contributed by atoms with Crippen LogP contribution in [0.25, 0.3) is 0 Å². The summed E-state index contributed by atoms with van der Waals surface area (Å²) in [7, 11) is 0. The minimum atomic E-state index is 0.0758. The molecule has 0 unspecified atom stereocenters. The molecule has 0 aromatic carbocycles. The lowest BCUT2D eigenvalue weighted by Gasteiger charge is -2.31. The highest BCUT2D eigenvalue weighted by Crippen LogP contribution is 2.41. The van der Waals surface area contributed by atoms with Gasteiger partial charge in [0, 0.05) is 30.2 Å². The van der Waals surface area contributed by atoms with Crippen molar-refractivity contribution in [2.75, 3.05) is 0 Å². The van der Waals surface area contributed by atoms with Crippen molar-refractivity contribution in [2.45, 2.75) is 59.3 Å². The van der Waals surface area contributed by atoms with E-state index < -0.39 is 0 Å². The van der Waals surface area contributed by atoms with Gasteiger partial charge in [-0.15, -0.1) is 0 Å². The Morgan fingerprint density at radius 2 is 2.04 bits per heavy atom. The van der Waals surface area contributed by atoms with Gasteiger partial charge >= 0.3 is 0 Å². The predicted octanol–water partition coefficient (Wildman–Crippen LogP) is 3.90. The molecule has 1 fully saturated rings. The molecule has 0 radical (unpaired) electrons. The van der Waals surface area contributed by atoms with Crippen LogP contribution in [0.15, 0.2) is 30.5 Å². The van der Waals surface area contributed by atoms with E-state index in [-0.39, 0.29) is 12.1 Å². The SMILES string of the molecule is CCn1c(C)cc([C@H]2[C@H](c3ccccn3)NC(=S)N2C(C)C)c1C. The van der Waals surface area contributed by atoms with Crippen LogP contribution >= 0.6 is 12.2 Å². The molecular weight excluding hydrogens is 316 g/mol. The maximum Gasteiger partial charge on any atom is 0.170 e. The van der Waals surface area contributed by atoms with Gasteiger partial charge in [-0.2, -0.15) is 0 Å². The Morgan fingerprint density at radius 3 is 2.58 bits per heavy atom. The largest absolute Gasteiger partial charge is 0.352 e. The van der Waals surface area contributed by atoms with Crippen molar-refractivity contribution in [1.29, 1.82) is 0 Å². The number of pyridine rings is 1. The molecule has 5 heteroatoms. The van der Waals surface area contributed by atoms with E-state index in [4.69, 9.17) is 12.2 Å². The monoisotopic (exact) mass is 342 g/mol. The number of rotatable bonds is 4. The zero-order chi connectivity index (χ0) is 17.4. The summed E-state index contributed by atoms with van der Waals surface area (Å²) in [6.07, 6.45) is 1.85. The summed E-state index contributed by atoms with van der Waals surface area (Å²) in [5.74, 6) is 0. The molecule has 0 spiro atoms. The Morgan fingerprint density at radius 1 is 1.29 bits per heavy atom. The number of nitrogens with one attached hydrogen (secondary N) is 1. The second kappa shape index (κ2) is 6.55. The molecule has 1 aliphatic heterocycles. The van der Waals surface area contributed by atoms with Gasteiger partial charge in [-0.05, 0) is 70.6 Å². The summed E-state index contributed by atoms with van der Waals surface area (Å²) in [4.78, 5) is 6.90. The number of thiocarbonyl (C=S) groups is 1. The van der Waals surface area contributed by atoms with Crippen molar-refractivity contribution in [3.63, 3.8) is 0 Å². The molecule has 24 heavy (non-hydrogen) atoms. The summed E-state index contributed by atoms with van der Waals surface area (Å²) in [6, 6.07) is 8.95. The Bertz CT molecular complexity index is 735. The lowest BCUT2D eigenvalue weighted by molar-refractivity contribution is 0.268. The highest BCUT2D eigenvalue weighted by molar-refractivity contribution is 7.80. The number of nitrogens with zero attached hydrogens (tertiary/aromatic N) is 3. The molecule has 0 saturated carbocycles. The molecule has 2 atom stereocenters. The Kier molecular flexibility index (Phi) is 4.63. The van der Waals surface area contributed by atoms with Crippen LogP contribution in [0.1, 0.15) is 55.5 Å². The fourth-order valence-electron chi connectivity index (χ4n) is 3.87. The quantitative estimate of drug-likeness (QED) is 0.854. The van der Waals surface area contributed by atoms with Gasteiger partial charge in [0.25, 0.3) is 0 Å². The van der Waals surface area contributed by atoms with Gasteiger partial charge in [0.1, 0.15) is 0 Å². The van der Waals surface area contributed by atoms with Crippen molar-refractivity contribution in [3.05, 3.63) is 53.1 Å². The standard InChI is InChI=1S/C19H26N4S/c1-6-22-13(4)11-15(14(22)5)18-17(16-9-7-8-10-20-16)21-19(24)23(18)12(2)3/h7-12,17-18H,6H2,1-5H3,(H,21,24)/t17-,18-/m0/s1. The average molecular weight is 343 g/mol.